The summed E-state index contributed by atoms with van der Waals surface area (Å²) >= 11 is 1.65. The smallest absolute Gasteiger partial charge is 0.448 e. The largest absolute Gasteiger partial charge is 1.00 e. The third kappa shape index (κ3) is 4.75. The van der Waals surface area contributed by atoms with Crippen molar-refractivity contribution in [1.29, 1.82) is 0 Å². The van der Waals surface area contributed by atoms with Crippen LogP contribution in [-0.2, 0) is 6.44 Å². The molecule has 1 aromatic rings. The number of rotatable bonds is 2. The molecule has 1 aromatic heterocycles. The Morgan fingerprint density at radius 2 is 2.07 bits per heavy atom. The van der Waals surface area contributed by atoms with Crippen LogP contribution in [-0.4, -0.2) is 16.5 Å². The molecule has 72 valence electrons. The predicted octanol–water partition coefficient (Wildman–Crippen LogP) is -1.76. The predicted molar refractivity (Wildman–Crippen MR) is 50.3 cm³/mol. The van der Waals surface area contributed by atoms with E-state index in [1.807, 2.05) is 0 Å². The van der Waals surface area contributed by atoms with Gasteiger partial charge in [0.05, 0.1) is 9.90 Å². The number of hydrogen-bond acceptors (Lipinski definition) is 2. The molecule has 0 aliphatic heterocycles. The Morgan fingerprint density at radius 3 is 2.57 bits per heavy atom. The molecule has 0 saturated heterocycles. The van der Waals surface area contributed by atoms with E-state index in [9.17, 15) is 17.7 Å². The number of aromatic nitrogens is 2. The zero-order valence-electron chi connectivity index (χ0n) is 7.25. The molecular formula is C5H4BF3IKN2O. The molecule has 1 rings (SSSR count). The van der Waals surface area contributed by atoms with Crippen LogP contribution in [0, 0.1) is 3.57 Å². The minimum Gasteiger partial charge on any atom is -0.448 e. The second-order valence-electron chi connectivity index (χ2n) is 2.41. The summed E-state index contributed by atoms with van der Waals surface area (Å²) in [4.78, 5) is 14.6. The van der Waals surface area contributed by atoms with Crippen LogP contribution in [0.5, 0.6) is 0 Å². The van der Waals surface area contributed by atoms with Gasteiger partial charge in [-0.15, -0.1) is 0 Å². The van der Waals surface area contributed by atoms with Crippen molar-refractivity contribution in [2.75, 3.05) is 0 Å². The number of hydrogen-bond donors (Lipinski definition) is 0. The zero-order valence-corrected chi connectivity index (χ0v) is 12.5. The Bertz CT molecular complexity index is 369. The van der Waals surface area contributed by atoms with Crippen molar-refractivity contribution in [2.24, 2.45) is 0 Å². The number of nitrogens with zero attached hydrogens (tertiary/aromatic N) is 2. The molecule has 3 nitrogen and oxygen atoms in total. The molecule has 0 atom stereocenters. The summed E-state index contributed by atoms with van der Waals surface area (Å²) in [6, 6.07) is 0. The first-order valence-corrected chi connectivity index (χ1v) is 4.39. The SMILES string of the molecule is O=c1c(I)cncn1C[B-](F)(F)F.[K+]. The minimum absolute atomic E-state index is 0. The monoisotopic (exact) mass is 342 g/mol. The molecule has 14 heavy (non-hydrogen) atoms. The summed E-state index contributed by atoms with van der Waals surface area (Å²) in [6.07, 6.45) is 0.880. The van der Waals surface area contributed by atoms with Crippen LogP contribution in [0.2, 0.25) is 0 Å². The summed E-state index contributed by atoms with van der Waals surface area (Å²) in [5.74, 6) is 0. The third-order valence-corrected chi connectivity index (χ3v) is 2.00. The molecule has 0 aliphatic carbocycles. The molecular weight excluding hydrogens is 338 g/mol. The molecule has 0 aliphatic rings. The fourth-order valence-electron chi connectivity index (χ4n) is 0.777. The molecule has 0 saturated carbocycles. The zero-order chi connectivity index (χ0) is 10.1. The maximum atomic E-state index is 11.9. The minimum atomic E-state index is -5.00. The molecule has 0 radical (unpaired) electrons. The Labute approximate surface area is 134 Å². The summed E-state index contributed by atoms with van der Waals surface area (Å²) in [7, 11) is 0. The van der Waals surface area contributed by atoms with Crippen LogP contribution < -0.4 is 56.9 Å². The Balaban J connectivity index is 0.00000169. The van der Waals surface area contributed by atoms with E-state index in [0.29, 0.717) is 4.57 Å². The summed E-state index contributed by atoms with van der Waals surface area (Å²) in [5, 5.41) is 0. The molecule has 0 unspecified atom stereocenters. The average molecular weight is 342 g/mol. The summed E-state index contributed by atoms with van der Waals surface area (Å²) in [6.45, 7) is -5.00. The average Bonchev–Trinajstić information content (AvgIpc) is 1.96. The fourth-order valence-corrected chi connectivity index (χ4v) is 1.25. The first kappa shape index (κ1) is 15.1. The van der Waals surface area contributed by atoms with Crippen LogP contribution in [0.3, 0.4) is 0 Å². The van der Waals surface area contributed by atoms with Crippen LogP contribution in [0.4, 0.5) is 12.9 Å². The van der Waals surface area contributed by atoms with Gasteiger partial charge < -0.3 is 17.5 Å². The summed E-state index contributed by atoms with van der Waals surface area (Å²) < 4.78 is 36.5. The molecule has 0 bridgehead atoms. The van der Waals surface area contributed by atoms with Crippen LogP contribution >= 0.6 is 22.6 Å². The van der Waals surface area contributed by atoms with Crippen molar-refractivity contribution >= 4 is 29.6 Å². The van der Waals surface area contributed by atoms with E-state index < -0.39 is 19.0 Å². The van der Waals surface area contributed by atoms with E-state index in [2.05, 4.69) is 4.98 Å². The van der Waals surface area contributed by atoms with Gasteiger partial charge in [0.15, 0.2) is 0 Å². The van der Waals surface area contributed by atoms with Gasteiger partial charge >= 0.3 is 58.4 Å². The van der Waals surface area contributed by atoms with Gasteiger partial charge in [-0.2, -0.15) is 0 Å². The molecule has 0 aromatic carbocycles. The van der Waals surface area contributed by atoms with E-state index in [4.69, 9.17) is 0 Å². The normalized spacial score (nSPS) is 10.9. The van der Waals surface area contributed by atoms with E-state index in [-0.39, 0.29) is 55.0 Å². The van der Waals surface area contributed by atoms with Crippen molar-refractivity contribution < 1.29 is 64.3 Å². The van der Waals surface area contributed by atoms with Crippen molar-refractivity contribution in [1.82, 2.24) is 9.55 Å². The van der Waals surface area contributed by atoms with Crippen molar-refractivity contribution in [3.63, 3.8) is 0 Å². The van der Waals surface area contributed by atoms with Crippen LogP contribution in [0.25, 0.3) is 0 Å². The van der Waals surface area contributed by atoms with E-state index in [1.54, 1.807) is 22.6 Å². The molecule has 0 spiro atoms. The third-order valence-electron chi connectivity index (χ3n) is 1.26. The van der Waals surface area contributed by atoms with Crippen molar-refractivity contribution in [3.05, 3.63) is 26.4 Å². The van der Waals surface area contributed by atoms with E-state index in [1.165, 1.54) is 6.20 Å². The number of halogens is 4. The molecule has 0 amide bonds. The standard InChI is InChI=1S/C5H4BF3IN2O.K/c7-6(8,9)2-12-3-11-1-4(10)5(12)13;/h1,3H,2H2;/q-1;+1. The topological polar surface area (TPSA) is 34.9 Å². The van der Waals surface area contributed by atoms with E-state index >= 15 is 0 Å². The Kier molecular flexibility index (Phi) is 6.46. The maximum Gasteiger partial charge on any atom is 1.00 e. The molecule has 9 heteroatoms. The van der Waals surface area contributed by atoms with Gasteiger partial charge in [0.1, 0.15) is 0 Å². The maximum absolute atomic E-state index is 11.9. The van der Waals surface area contributed by atoms with Crippen LogP contribution in [0.1, 0.15) is 0 Å². The Hall–Kier alpha value is 1.10. The van der Waals surface area contributed by atoms with Gasteiger partial charge in [0, 0.05) is 6.20 Å². The second-order valence-corrected chi connectivity index (χ2v) is 3.57. The summed E-state index contributed by atoms with van der Waals surface area (Å²) in [5.41, 5.74) is -0.658. The quantitative estimate of drug-likeness (QED) is 0.472. The van der Waals surface area contributed by atoms with Gasteiger partial charge in [-0.3, -0.25) is 4.79 Å². The van der Waals surface area contributed by atoms with Crippen molar-refractivity contribution in [3.8, 4) is 0 Å². The molecule has 1 heterocycles. The van der Waals surface area contributed by atoms with Gasteiger partial charge in [-0.05, 0) is 29.0 Å². The van der Waals surface area contributed by atoms with E-state index in [0.717, 1.165) is 6.33 Å². The van der Waals surface area contributed by atoms with Crippen LogP contribution in [0.15, 0.2) is 17.3 Å². The molecule has 0 fully saturated rings. The second kappa shape index (κ2) is 5.99. The van der Waals surface area contributed by atoms with Crippen molar-refractivity contribution in [2.45, 2.75) is 6.44 Å². The van der Waals surface area contributed by atoms with Gasteiger partial charge in [-0.25, -0.2) is 4.98 Å². The fraction of sp³-hybridized carbons (Fsp3) is 0.200. The Morgan fingerprint density at radius 1 is 1.50 bits per heavy atom. The van der Waals surface area contributed by atoms with Gasteiger partial charge in [-0.1, -0.05) is 0 Å². The first-order chi connectivity index (χ1) is 5.90. The first-order valence-electron chi connectivity index (χ1n) is 3.31. The van der Waals surface area contributed by atoms with Gasteiger partial charge in [0.25, 0.3) is 5.56 Å². The van der Waals surface area contributed by atoms with Gasteiger partial charge in [0.2, 0.25) is 0 Å². The molecule has 0 N–H and O–H groups in total.